The fraction of sp³-hybridized carbons (Fsp3) is 0.692. The Bertz CT molecular complexity index is 634. The molecule has 0 fully saturated rings. The van der Waals surface area contributed by atoms with Crippen molar-refractivity contribution in [2.24, 2.45) is 0 Å². The van der Waals surface area contributed by atoms with E-state index >= 15 is 0 Å². The summed E-state index contributed by atoms with van der Waals surface area (Å²) in [7, 11) is -0.848. The van der Waals surface area contributed by atoms with Crippen LogP contribution in [0, 0.1) is 6.92 Å². The molecule has 2 heterocycles. The van der Waals surface area contributed by atoms with Crippen molar-refractivity contribution in [2.75, 3.05) is 17.9 Å². The van der Waals surface area contributed by atoms with E-state index < -0.39 is 10.8 Å². The van der Waals surface area contributed by atoms with Crippen molar-refractivity contribution in [3.63, 3.8) is 0 Å². The van der Waals surface area contributed by atoms with Gasteiger partial charge in [0.25, 0.3) is 0 Å². The molecular formula is C13H21ClN4OS. The molecule has 0 N–H and O–H groups in total. The van der Waals surface area contributed by atoms with Crippen molar-refractivity contribution < 1.29 is 4.21 Å². The molecule has 0 bridgehead atoms. The number of aryl methyl sites for hydroxylation is 3. The maximum atomic E-state index is 11.5. The first-order valence-electron chi connectivity index (χ1n) is 6.79. The molecular weight excluding hydrogens is 296 g/mol. The van der Waals surface area contributed by atoms with Crippen LogP contribution in [0.3, 0.4) is 0 Å². The third kappa shape index (κ3) is 2.76. The highest BCUT2D eigenvalue weighted by atomic mass is 35.5. The number of halogens is 1. The van der Waals surface area contributed by atoms with Crippen molar-refractivity contribution in [1.82, 2.24) is 19.3 Å². The molecule has 0 spiro atoms. The fourth-order valence-corrected chi connectivity index (χ4v) is 3.59. The van der Waals surface area contributed by atoms with Gasteiger partial charge < -0.3 is 4.57 Å². The normalized spacial score (nSPS) is 14.8. The van der Waals surface area contributed by atoms with Crippen molar-refractivity contribution in [1.29, 1.82) is 0 Å². The first kappa shape index (κ1) is 15.5. The highest BCUT2D eigenvalue weighted by molar-refractivity contribution is 7.84. The van der Waals surface area contributed by atoms with Crippen LogP contribution in [-0.4, -0.2) is 41.4 Å². The summed E-state index contributed by atoms with van der Waals surface area (Å²) in [5, 5.41) is 4.52. The molecule has 2 unspecified atom stereocenters. The number of rotatable bonds is 6. The molecule has 0 amide bonds. The Balaban J connectivity index is 2.62. The Morgan fingerprint density at radius 3 is 2.70 bits per heavy atom. The second-order valence-electron chi connectivity index (χ2n) is 5.00. The van der Waals surface area contributed by atoms with Crippen LogP contribution in [0.25, 0.3) is 11.2 Å². The molecule has 20 heavy (non-hydrogen) atoms. The Morgan fingerprint density at radius 2 is 2.15 bits per heavy atom. The van der Waals surface area contributed by atoms with E-state index in [-0.39, 0.29) is 6.04 Å². The maximum Gasteiger partial charge on any atom is 0.159 e. The van der Waals surface area contributed by atoms with Gasteiger partial charge in [-0.05, 0) is 20.8 Å². The molecule has 2 rings (SSSR count). The summed E-state index contributed by atoms with van der Waals surface area (Å²) in [4.78, 5) is 4.70. The van der Waals surface area contributed by atoms with Gasteiger partial charge in [-0.3, -0.25) is 4.21 Å². The Hall–Kier alpha value is -0.880. The third-order valence-electron chi connectivity index (χ3n) is 3.35. The summed E-state index contributed by atoms with van der Waals surface area (Å²) >= 11 is 5.89. The zero-order valence-electron chi connectivity index (χ0n) is 12.4. The zero-order valence-corrected chi connectivity index (χ0v) is 14.0. The minimum atomic E-state index is -0.848. The molecule has 2 atom stereocenters. The third-order valence-corrected chi connectivity index (χ3v) is 4.49. The molecule has 0 radical (unpaired) electrons. The lowest BCUT2D eigenvalue weighted by Gasteiger charge is -2.16. The van der Waals surface area contributed by atoms with Gasteiger partial charge in [0, 0.05) is 47.7 Å². The van der Waals surface area contributed by atoms with Gasteiger partial charge in [-0.1, -0.05) is 0 Å². The second-order valence-corrected chi connectivity index (χ2v) is 6.86. The number of aromatic nitrogens is 4. The average Bonchev–Trinajstić information content (AvgIpc) is 2.87. The maximum absolute atomic E-state index is 11.5. The first-order valence-corrected chi connectivity index (χ1v) is 9.05. The minimum absolute atomic E-state index is 0.116. The number of fused-ring (bicyclic) bond motifs is 1. The summed E-state index contributed by atoms with van der Waals surface area (Å²) in [5.41, 5.74) is 2.88. The van der Waals surface area contributed by atoms with Gasteiger partial charge in [0.15, 0.2) is 5.65 Å². The lowest BCUT2D eigenvalue weighted by Crippen LogP contribution is -2.18. The molecule has 0 saturated carbocycles. The Kier molecular flexibility index (Phi) is 4.86. The van der Waals surface area contributed by atoms with Crippen LogP contribution >= 0.6 is 11.6 Å². The van der Waals surface area contributed by atoms with E-state index in [2.05, 4.69) is 23.5 Å². The SMILES string of the molecule is CCn1nc(C)c2nc(CCCl)n(C(C)CS(C)=O)c21. The van der Waals surface area contributed by atoms with E-state index in [4.69, 9.17) is 16.6 Å². The largest absolute Gasteiger partial charge is 0.309 e. The van der Waals surface area contributed by atoms with Crippen molar-refractivity contribution in [3.05, 3.63) is 11.5 Å². The highest BCUT2D eigenvalue weighted by Gasteiger charge is 2.21. The minimum Gasteiger partial charge on any atom is -0.309 e. The van der Waals surface area contributed by atoms with Crippen LogP contribution in [0.4, 0.5) is 0 Å². The smallest absolute Gasteiger partial charge is 0.159 e. The van der Waals surface area contributed by atoms with Crippen molar-refractivity contribution in [2.45, 2.75) is 39.8 Å². The lowest BCUT2D eigenvalue weighted by molar-refractivity contribution is 0.557. The topological polar surface area (TPSA) is 52.7 Å². The number of imidazole rings is 1. The molecule has 0 aromatic carbocycles. The number of alkyl halides is 1. The summed E-state index contributed by atoms with van der Waals surface area (Å²) in [5.74, 6) is 2.09. The summed E-state index contributed by atoms with van der Waals surface area (Å²) in [6.45, 7) is 6.90. The van der Waals surface area contributed by atoms with Gasteiger partial charge in [-0.2, -0.15) is 5.10 Å². The Morgan fingerprint density at radius 1 is 1.45 bits per heavy atom. The second kappa shape index (κ2) is 6.26. The van der Waals surface area contributed by atoms with Crippen LogP contribution in [0.1, 0.15) is 31.4 Å². The molecule has 0 aliphatic carbocycles. The van der Waals surface area contributed by atoms with Gasteiger partial charge in [0.05, 0.1) is 5.69 Å². The molecule has 0 aliphatic rings. The molecule has 2 aromatic rings. The number of hydrogen-bond donors (Lipinski definition) is 0. The summed E-state index contributed by atoms with van der Waals surface area (Å²) in [6.07, 6.45) is 2.44. The van der Waals surface area contributed by atoms with E-state index in [0.717, 1.165) is 29.2 Å². The monoisotopic (exact) mass is 316 g/mol. The van der Waals surface area contributed by atoms with E-state index in [1.807, 2.05) is 11.6 Å². The van der Waals surface area contributed by atoms with Gasteiger partial charge >= 0.3 is 0 Å². The molecule has 112 valence electrons. The van der Waals surface area contributed by atoms with Gasteiger partial charge in [-0.15, -0.1) is 11.6 Å². The lowest BCUT2D eigenvalue weighted by atomic mass is 10.3. The van der Waals surface area contributed by atoms with Gasteiger partial charge in [0.1, 0.15) is 11.3 Å². The van der Waals surface area contributed by atoms with Crippen LogP contribution < -0.4 is 0 Å². The summed E-state index contributed by atoms with van der Waals surface area (Å²) < 4.78 is 15.7. The molecule has 5 nitrogen and oxygen atoms in total. The quantitative estimate of drug-likeness (QED) is 0.768. The van der Waals surface area contributed by atoms with E-state index in [9.17, 15) is 4.21 Å². The summed E-state index contributed by atoms with van der Waals surface area (Å²) in [6, 6.07) is 0.116. The predicted octanol–water partition coefficient (Wildman–Crippen LogP) is 2.28. The molecule has 2 aromatic heterocycles. The molecule has 0 aliphatic heterocycles. The van der Waals surface area contributed by atoms with E-state index in [1.165, 1.54) is 0 Å². The average molecular weight is 317 g/mol. The number of nitrogens with zero attached hydrogens (tertiary/aromatic N) is 4. The molecule has 0 saturated heterocycles. The van der Waals surface area contributed by atoms with Crippen molar-refractivity contribution in [3.8, 4) is 0 Å². The Labute approximate surface area is 126 Å². The fourth-order valence-electron chi connectivity index (χ4n) is 2.59. The van der Waals surface area contributed by atoms with Gasteiger partial charge in [-0.25, -0.2) is 9.67 Å². The first-order chi connectivity index (χ1) is 9.49. The van der Waals surface area contributed by atoms with Crippen LogP contribution in [-0.2, 0) is 23.8 Å². The van der Waals surface area contributed by atoms with Crippen LogP contribution in [0.5, 0.6) is 0 Å². The standard InChI is InChI=1S/C13H21ClN4OS/c1-5-17-13-12(10(3)16-17)15-11(6-7-14)18(13)9(2)8-20(4)19/h9H,5-8H2,1-4H3. The van der Waals surface area contributed by atoms with Crippen LogP contribution in [0.15, 0.2) is 0 Å². The highest BCUT2D eigenvalue weighted by Crippen LogP contribution is 2.24. The van der Waals surface area contributed by atoms with Crippen LogP contribution in [0.2, 0.25) is 0 Å². The van der Waals surface area contributed by atoms with E-state index in [1.54, 1.807) is 6.26 Å². The van der Waals surface area contributed by atoms with E-state index in [0.29, 0.717) is 18.1 Å². The zero-order chi connectivity index (χ0) is 14.9. The number of hydrogen-bond acceptors (Lipinski definition) is 3. The predicted molar refractivity (Wildman–Crippen MR) is 84.0 cm³/mol. The van der Waals surface area contributed by atoms with Gasteiger partial charge in [0.2, 0.25) is 0 Å². The molecule has 7 heteroatoms. The van der Waals surface area contributed by atoms with Crippen molar-refractivity contribution >= 4 is 33.6 Å².